The maximum absolute atomic E-state index is 11.6. The molecular formula is C12H21NO4. The molecule has 0 saturated carbocycles. The predicted octanol–water partition coefficient (Wildman–Crippen LogP) is 0.679. The van der Waals surface area contributed by atoms with Gasteiger partial charge in [-0.25, -0.2) is 0 Å². The fraction of sp³-hybridized carbons (Fsp3) is 0.833. The van der Waals surface area contributed by atoms with Crippen molar-refractivity contribution in [1.82, 2.24) is 4.90 Å². The van der Waals surface area contributed by atoms with Gasteiger partial charge < -0.3 is 9.47 Å². The molecule has 1 rings (SSSR count). The lowest BCUT2D eigenvalue weighted by molar-refractivity contribution is -0.150. The van der Waals surface area contributed by atoms with E-state index in [2.05, 4.69) is 0 Å². The van der Waals surface area contributed by atoms with Gasteiger partial charge in [0, 0.05) is 13.1 Å². The second kappa shape index (κ2) is 6.00. The van der Waals surface area contributed by atoms with E-state index >= 15 is 0 Å². The number of rotatable bonds is 4. The number of esters is 2. The number of carbonyl (C=O) groups excluding carboxylic acids is 2. The molecule has 0 N–H and O–H groups in total. The van der Waals surface area contributed by atoms with E-state index in [-0.39, 0.29) is 29.8 Å². The SMILES string of the molecule is CCOC(=O)C(C)N1CC(C)C(C(=O)OC)C1. The maximum Gasteiger partial charge on any atom is 0.323 e. The van der Waals surface area contributed by atoms with Crippen molar-refractivity contribution in [1.29, 1.82) is 0 Å². The van der Waals surface area contributed by atoms with E-state index in [0.717, 1.165) is 6.54 Å². The molecule has 0 aromatic carbocycles. The van der Waals surface area contributed by atoms with E-state index in [4.69, 9.17) is 9.47 Å². The highest BCUT2D eigenvalue weighted by Crippen LogP contribution is 2.25. The van der Waals surface area contributed by atoms with Gasteiger partial charge in [-0.15, -0.1) is 0 Å². The summed E-state index contributed by atoms with van der Waals surface area (Å²) in [5.74, 6) is -0.363. The topological polar surface area (TPSA) is 55.8 Å². The lowest BCUT2D eigenvalue weighted by atomic mass is 9.99. The van der Waals surface area contributed by atoms with Crippen molar-refractivity contribution in [2.45, 2.75) is 26.8 Å². The van der Waals surface area contributed by atoms with Gasteiger partial charge in [-0.05, 0) is 19.8 Å². The Morgan fingerprint density at radius 1 is 1.41 bits per heavy atom. The minimum absolute atomic E-state index is 0.142. The summed E-state index contributed by atoms with van der Waals surface area (Å²) in [4.78, 5) is 25.1. The Hall–Kier alpha value is -1.10. The zero-order chi connectivity index (χ0) is 13.0. The Bertz CT molecular complexity index is 292. The monoisotopic (exact) mass is 243 g/mol. The zero-order valence-corrected chi connectivity index (χ0v) is 10.9. The van der Waals surface area contributed by atoms with Crippen LogP contribution in [0.4, 0.5) is 0 Å². The molecule has 0 amide bonds. The molecule has 1 saturated heterocycles. The maximum atomic E-state index is 11.6. The summed E-state index contributed by atoms with van der Waals surface area (Å²) in [6, 6.07) is -0.299. The second-order valence-corrected chi connectivity index (χ2v) is 4.49. The van der Waals surface area contributed by atoms with Gasteiger partial charge in [0.2, 0.25) is 0 Å². The standard InChI is InChI=1S/C12H21NO4/c1-5-17-11(14)9(3)13-6-8(2)10(7-13)12(15)16-4/h8-10H,5-7H2,1-4H3. The van der Waals surface area contributed by atoms with Gasteiger partial charge in [0.25, 0.3) is 0 Å². The van der Waals surface area contributed by atoms with Crippen molar-refractivity contribution in [3.05, 3.63) is 0 Å². The van der Waals surface area contributed by atoms with Crippen LogP contribution in [0.1, 0.15) is 20.8 Å². The Morgan fingerprint density at radius 3 is 2.59 bits per heavy atom. The molecule has 0 bridgehead atoms. The van der Waals surface area contributed by atoms with Crippen LogP contribution in [0, 0.1) is 11.8 Å². The third kappa shape index (κ3) is 3.19. The molecule has 0 aliphatic carbocycles. The van der Waals surface area contributed by atoms with E-state index in [9.17, 15) is 9.59 Å². The first kappa shape index (κ1) is 14.0. The van der Waals surface area contributed by atoms with Crippen molar-refractivity contribution in [3.63, 3.8) is 0 Å². The molecule has 1 heterocycles. The van der Waals surface area contributed by atoms with E-state index in [1.165, 1.54) is 7.11 Å². The molecule has 3 unspecified atom stereocenters. The summed E-state index contributed by atoms with van der Waals surface area (Å²) in [6.45, 7) is 7.26. The van der Waals surface area contributed by atoms with Crippen LogP contribution in [0.15, 0.2) is 0 Å². The number of methoxy groups -OCH3 is 1. The van der Waals surface area contributed by atoms with E-state index in [0.29, 0.717) is 13.2 Å². The number of hydrogen-bond acceptors (Lipinski definition) is 5. The fourth-order valence-corrected chi connectivity index (χ4v) is 2.19. The minimum atomic E-state index is -0.299. The Morgan fingerprint density at radius 2 is 2.06 bits per heavy atom. The summed E-state index contributed by atoms with van der Waals surface area (Å²) in [5, 5.41) is 0. The van der Waals surface area contributed by atoms with Gasteiger partial charge in [-0.1, -0.05) is 6.92 Å². The van der Waals surface area contributed by atoms with Crippen molar-refractivity contribution < 1.29 is 19.1 Å². The average molecular weight is 243 g/mol. The first-order valence-electron chi connectivity index (χ1n) is 5.99. The van der Waals surface area contributed by atoms with Crippen LogP contribution in [0.2, 0.25) is 0 Å². The Balaban J connectivity index is 2.59. The van der Waals surface area contributed by atoms with E-state index in [1.807, 2.05) is 18.7 Å². The van der Waals surface area contributed by atoms with Gasteiger partial charge in [0.1, 0.15) is 6.04 Å². The molecule has 5 heteroatoms. The molecule has 3 atom stereocenters. The van der Waals surface area contributed by atoms with Crippen molar-refractivity contribution in [2.24, 2.45) is 11.8 Å². The molecule has 5 nitrogen and oxygen atoms in total. The van der Waals surface area contributed by atoms with Gasteiger partial charge >= 0.3 is 11.9 Å². The second-order valence-electron chi connectivity index (χ2n) is 4.49. The Kier molecular flexibility index (Phi) is 4.93. The molecule has 1 aliphatic rings. The highest BCUT2D eigenvalue weighted by molar-refractivity contribution is 5.76. The first-order chi connectivity index (χ1) is 8.01. The largest absolute Gasteiger partial charge is 0.469 e. The molecule has 17 heavy (non-hydrogen) atoms. The molecular weight excluding hydrogens is 222 g/mol. The highest BCUT2D eigenvalue weighted by Gasteiger charge is 2.39. The average Bonchev–Trinajstić information content (AvgIpc) is 2.69. The normalized spacial score (nSPS) is 26.6. The molecule has 0 aromatic rings. The summed E-state index contributed by atoms with van der Waals surface area (Å²) in [5.41, 5.74) is 0. The van der Waals surface area contributed by atoms with Crippen LogP contribution >= 0.6 is 0 Å². The quantitative estimate of drug-likeness (QED) is 0.680. The molecule has 1 aliphatic heterocycles. The number of nitrogens with zero attached hydrogens (tertiary/aromatic N) is 1. The van der Waals surface area contributed by atoms with Crippen LogP contribution in [-0.2, 0) is 19.1 Å². The molecule has 98 valence electrons. The minimum Gasteiger partial charge on any atom is -0.469 e. The van der Waals surface area contributed by atoms with E-state index in [1.54, 1.807) is 6.92 Å². The number of likely N-dealkylation sites (tertiary alicyclic amines) is 1. The number of ether oxygens (including phenoxy) is 2. The van der Waals surface area contributed by atoms with Crippen LogP contribution in [0.3, 0.4) is 0 Å². The summed E-state index contributed by atoms with van der Waals surface area (Å²) < 4.78 is 9.74. The lowest BCUT2D eigenvalue weighted by Gasteiger charge is -2.22. The van der Waals surface area contributed by atoms with Crippen molar-refractivity contribution >= 4 is 11.9 Å². The lowest BCUT2D eigenvalue weighted by Crippen LogP contribution is -2.39. The molecule has 0 aromatic heterocycles. The van der Waals surface area contributed by atoms with Crippen LogP contribution in [-0.4, -0.2) is 49.7 Å². The fourth-order valence-electron chi connectivity index (χ4n) is 2.19. The van der Waals surface area contributed by atoms with E-state index < -0.39 is 0 Å². The summed E-state index contributed by atoms with van der Waals surface area (Å²) in [7, 11) is 1.40. The van der Waals surface area contributed by atoms with Gasteiger partial charge in [0.05, 0.1) is 19.6 Å². The van der Waals surface area contributed by atoms with Crippen molar-refractivity contribution in [3.8, 4) is 0 Å². The number of carbonyl (C=O) groups is 2. The van der Waals surface area contributed by atoms with Gasteiger partial charge in [-0.3, -0.25) is 14.5 Å². The molecule has 0 spiro atoms. The predicted molar refractivity (Wildman–Crippen MR) is 62.3 cm³/mol. The summed E-state index contributed by atoms with van der Waals surface area (Å²) in [6.07, 6.45) is 0. The third-order valence-electron chi connectivity index (χ3n) is 3.32. The molecule has 1 fully saturated rings. The van der Waals surface area contributed by atoms with Crippen LogP contribution in [0.25, 0.3) is 0 Å². The van der Waals surface area contributed by atoms with Crippen LogP contribution < -0.4 is 0 Å². The number of hydrogen-bond donors (Lipinski definition) is 0. The summed E-state index contributed by atoms with van der Waals surface area (Å²) >= 11 is 0. The first-order valence-corrected chi connectivity index (χ1v) is 5.99. The molecule has 0 radical (unpaired) electrons. The van der Waals surface area contributed by atoms with Crippen LogP contribution in [0.5, 0.6) is 0 Å². The Labute approximate surface area is 102 Å². The van der Waals surface area contributed by atoms with Gasteiger partial charge in [-0.2, -0.15) is 0 Å². The smallest absolute Gasteiger partial charge is 0.323 e. The van der Waals surface area contributed by atoms with Gasteiger partial charge in [0.15, 0.2) is 0 Å². The third-order valence-corrected chi connectivity index (χ3v) is 3.32. The zero-order valence-electron chi connectivity index (χ0n) is 10.9. The van der Waals surface area contributed by atoms with Crippen molar-refractivity contribution in [2.75, 3.05) is 26.8 Å². The highest BCUT2D eigenvalue weighted by atomic mass is 16.5.